The van der Waals surface area contributed by atoms with E-state index in [9.17, 15) is 14.0 Å². The van der Waals surface area contributed by atoms with Crippen molar-refractivity contribution in [3.63, 3.8) is 0 Å². The molecule has 1 saturated heterocycles. The molecule has 1 fully saturated rings. The van der Waals surface area contributed by atoms with E-state index in [1.165, 1.54) is 24.3 Å². The van der Waals surface area contributed by atoms with Gasteiger partial charge in [-0.05, 0) is 46.4 Å². The third kappa shape index (κ3) is 3.27. The van der Waals surface area contributed by atoms with Gasteiger partial charge in [0, 0.05) is 20.2 Å². The van der Waals surface area contributed by atoms with E-state index in [0.29, 0.717) is 16.1 Å². The van der Waals surface area contributed by atoms with Crippen LogP contribution >= 0.6 is 28.1 Å². The topological polar surface area (TPSA) is 65.8 Å². The van der Waals surface area contributed by atoms with Crippen LogP contribution in [0.1, 0.15) is 5.76 Å². The number of halogens is 2. The summed E-state index contributed by atoms with van der Waals surface area (Å²) in [4.78, 5) is 27.7. The first-order chi connectivity index (χ1) is 12.3. The molecule has 0 spiro atoms. The van der Waals surface area contributed by atoms with Crippen LogP contribution in [0.15, 0.2) is 44.8 Å². The summed E-state index contributed by atoms with van der Waals surface area (Å²) in [6, 6.07) is 7.31. The predicted octanol–water partition coefficient (Wildman–Crippen LogP) is 3.08. The van der Waals surface area contributed by atoms with E-state index in [1.54, 1.807) is 31.1 Å². The number of furan rings is 1. The Morgan fingerprint density at radius 2 is 2.00 bits per heavy atom. The van der Waals surface area contributed by atoms with Crippen LogP contribution in [0, 0.1) is 5.82 Å². The lowest BCUT2D eigenvalue weighted by atomic mass is 10.1. The molecule has 0 saturated carbocycles. The third-order valence-electron chi connectivity index (χ3n) is 3.58. The number of para-hydroxylation sites is 1. The van der Waals surface area contributed by atoms with Gasteiger partial charge in [0.1, 0.15) is 17.2 Å². The minimum Gasteiger partial charge on any atom is -0.440 e. The van der Waals surface area contributed by atoms with Crippen LogP contribution in [-0.4, -0.2) is 31.0 Å². The lowest BCUT2D eigenvalue weighted by Crippen LogP contribution is -2.54. The molecule has 1 aliphatic heterocycles. The first-order valence-corrected chi connectivity index (χ1v) is 8.62. The Labute approximate surface area is 162 Å². The number of nitrogens with one attached hydrogen (secondary N) is 1. The van der Waals surface area contributed by atoms with Crippen molar-refractivity contribution in [3.8, 4) is 0 Å². The minimum atomic E-state index is -0.734. The fraction of sp³-hybridized carbons (Fsp3) is 0.118. The Balaban J connectivity index is 2.03. The fourth-order valence-electron chi connectivity index (χ4n) is 2.40. The molecule has 0 bridgehead atoms. The number of carbonyl (C=O) groups is 2. The second-order valence-electron chi connectivity index (χ2n) is 5.61. The number of nitrogens with zero attached hydrogens (tertiary/aromatic N) is 2. The normalized spacial score (nSPS) is 16.2. The van der Waals surface area contributed by atoms with Gasteiger partial charge >= 0.3 is 0 Å². The maximum Gasteiger partial charge on any atom is 0.270 e. The zero-order chi connectivity index (χ0) is 19.0. The molecule has 1 aromatic heterocycles. The molecule has 0 aliphatic carbocycles. The highest BCUT2D eigenvalue weighted by Crippen LogP contribution is 2.31. The summed E-state index contributed by atoms with van der Waals surface area (Å²) < 4.78 is 20.4. The number of amides is 2. The molecule has 2 aromatic rings. The van der Waals surface area contributed by atoms with Crippen LogP contribution in [0.3, 0.4) is 0 Å². The average Bonchev–Trinajstić information content (AvgIpc) is 2.94. The molecule has 6 nitrogen and oxygen atoms in total. The Morgan fingerprint density at radius 1 is 1.31 bits per heavy atom. The van der Waals surface area contributed by atoms with Crippen molar-refractivity contribution < 1.29 is 18.4 Å². The molecule has 2 amide bonds. The maximum absolute atomic E-state index is 14.1. The molecular weight excluding hydrogens is 425 g/mol. The summed E-state index contributed by atoms with van der Waals surface area (Å²) in [5.41, 5.74) is -0.253. The Hall–Kier alpha value is -2.52. The predicted molar refractivity (Wildman–Crippen MR) is 103 cm³/mol. The SMILES string of the molecule is CN(C)c1oc(C=C2C(=O)NC(=S)N(c3ccccc3F)C2=O)cc1Br. The summed E-state index contributed by atoms with van der Waals surface area (Å²) in [7, 11) is 3.58. The quantitative estimate of drug-likeness (QED) is 0.454. The standard InChI is InChI=1S/C17H13BrFN3O3S/c1-21(2)16-11(18)8-9(25-16)7-10-14(23)20-17(26)22(15(10)24)13-6-4-3-5-12(13)19/h3-8H,1-2H3,(H,20,23,26). The van der Waals surface area contributed by atoms with Crippen molar-refractivity contribution in [1.29, 1.82) is 0 Å². The van der Waals surface area contributed by atoms with Crippen LogP contribution in [-0.2, 0) is 9.59 Å². The van der Waals surface area contributed by atoms with Gasteiger partial charge < -0.3 is 9.32 Å². The number of anilines is 2. The Bertz CT molecular complexity index is 954. The van der Waals surface area contributed by atoms with Gasteiger partial charge in [0.2, 0.25) is 5.88 Å². The van der Waals surface area contributed by atoms with E-state index in [2.05, 4.69) is 21.2 Å². The first-order valence-electron chi connectivity index (χ1n) is 7.42. The highest BCUT2D eigenvalue weighted by Gasteiger charge is 2.36. The highest BCUT2D eigenvalue weighted by atomic mass is 79.9. The van der Waals surface area contributed by atoms with E-state index < -0.39 is 17.6 Å². The van der Waals surface area contributed by atoms with Gasteiger partial charge in [0.05, 0.1) is 10.2 Å². The molecule has 1 N–H and O–H groups in total. The number of benzene rings is 1. The molecule has 0 atom stereocenters. The summed E-state index contributed by atoms with van der Waals surface area (Å²) in [5, 5.41) is 2.22. The zero-order valence-corrected chi connectivity index (χ0v) is 16.1. The summed E-state index contributed by atoms with van der Waals surface area (Å²) in [6.45, 7) is 0. The van der Waals surface area contributed by atoms with Crippen molar-refractivity contribution in [2.24, 2.45) is 0 Å². The van der Waals surface area contributed by atoms with Gasteiger partial charge in [-0.1, -0.05) is 12.1 Å². The fourth-order valence-corrected chi connectivity index (χ4v) is 3.34. The second-order valence-corrected chi connectivity index (χ2v) is 6.85. The lowest BCUT2D eigenvalue weighted by molar-refractivity contribution is -0.122. The minimum absolute atomic E-state index is 0.0389. The van der Waals surface area contributed by atoms with Crippen molar-refractivity contribution in [1.82, 2.24) is 5.32 Å². The second kappa shape index (κ2) is 7.00. The zero-order valence-electron chi connectivity index (χ0n) is 13.7. The summed E-state index contributed by atoms with van der Waals surface area (Å²) in [5.74, 6) is -1.22. The molecule has 1 aliphatic rings. The van der Waals surface area contributed by atoms with E-state index in [4.69, 9.17) is 16.6 Å². The van der Waals surface area contributed by atoms with Crippen molar-refractivity contribution in [2.45, 2.75) is 0 Å². The van der Waals surface area contributed by atoms with Crippen LogP contribution in [0.2, 0.25) is 0 Å². The molecule has 1 aromatic carbocycles. The number of thiocarbonyl (C=S) groups is 1. The molecule has 9 heteroatoms. The smallest absolute Gasteiger partial charge is 0.270 e. The number of hydrogen-bond acceptors (Lipinski definition) is 5. The van der Waals surface area contributed by atoms with Crippen LogP contribution in [0.5, 0.6) is 0 Å². The Morgan fingerprint density at radius 3 is 2.62 bits per heavy atom. The number of carbonyl (C=O) groups excluding carboxylic acids is 2. The molecule has 0 radical (unpaired) electrons. The highest BCUT2D eigenvalue weighted by molar-refractivity contribution is 9.10. The molecule has 0 unspecified atom stereocenters. The molecule has 3 rings (SSSR count). The van der Waals surface area contributed by atoms with E-state index in [1.807, 2.05) is 0 Å². The van der Waals surface area contributed by atoms with Crippen molar-refractivity contribution >= 4 is 62.7 Å². The summed E-state index contributed by atoms with van der Waals surface area (Å²) >= 11 is 8.39. The van der Waals surface area contributed by atoms with Crippen LogP contribution < -0.4 is 15.1 Å². The number of rotatable bonds is 3. The van der Waals surface area contributed by atoms with Gasteiger partial charge in [0.15, 0.2) is 5.11 Å². The van der Waals surface area contributed by atoms with E-state index >= 15 is 0 Å². The van der Waals surface area contributed by atoms with E-state index in [-0.39, 0.29) is 16.4 Å². The molecular formula is C17H13BrFN3O3S. The van der Waals surface area contributed by atoms with E-state index in [0.717, 1.165) is 4.90 Å². The van der Waals surface area contributed by atoms with Gasteiger partial charge in [-0.2, -0.15) is 0 Å². The molecule has 134 valence electrons. The number of hydrogen-bond donors (Lipinski definition) is 1. The molecule has 2 heterocycles. The summed E-state index contributed by atoms with van der Waals surface area (Å²) in [6.07, 6.45) is 1.30. The lowest BCUT2D eigenvalue weighted by Gasteiger charge is -2.28. The van der Waals surface area contributed by atoms with Gasteiger partial charge in [-0.25, -0.2) is 9.29 Å². The third-order valence-corrected chi connectivity index (χ3v) is 4.43. The average molecular weight is 438 g/mol. The molecule has 26 heavy (non-hydrogen) atoms. The van der Waals surface area contributed by atoms with Gasteiger partial charge in [0.25, 0.3) is 11.8 Å². The van der Waals surface area contributed by atoms with Crippen molar-refractivity contribution in [2.75, 3.05) is 23.9 Å². The van der Waals surface area contributed by atoms with Gasteiger partial charge in [-0.3, -0.25) is 14.9 Å². The van der Waals surface area contributed by atoms with Crippen LogP contribution in [0.25, 0.3) is 6.08 Å². The first kappa shape index (κ1) is 18.3. The Kier molecular flexibility index (Phi) is 4.92. The monoisotopic (exact) mass is 437 g/mol. The van der Waals surface area contributed by atoms with Gasteiger partial charge in [-0.15, -0.1) is 0 Å². The maximum atomic E-state index is 14.1. The van der Waals surface area contributed by atoms with Crippen LogP contribution in [0.4, 0.5) is 16.0 Å². The largest absolute Gasteiger partial charge is 0.440 e. The van der Waals surface area contributed by atoms with Crippen molar-refractivity contribution in [3.05, 3.63) is 52.0 Å².